The maximum absolute atomic E-state index is 9.79. The summed E-state index contributed by atoms with van der Waals surface area (Å²) in [6.45, 7) is 2.24. The van der Waals surface area contributed by atoms with Crippen molar-refractivity contribution < 1.29 is 4.79 Å². The van der Waals surface area contributed by atoms with E-state index in [1.807, 2.05) is 6.08 Å². The Kier molecular flexibility index (Phi) is 11.4. The fourth-order valence-electron chi connectivity index (χ4n) is 1.31. The predicted molar refractivity (Wildman–Crippen MR) is 62.0 cm³/mol. The van der Waals surface area contributed by atoms with Gasteiger partial charge >= 0.3 is 0 Å². The zero-order valence-corrected chi connectivity index (χ0v) is 9.17. The highest BCUT2D eigenvalue weighted by atomic mass is 16.1. The minimum absolute atomic E-state index is 1.12. The van der Waals surface area contributed by atoms with Crippen LogP contribution in [0.4, 0.5) is 0 Å². The van der Waals surface area contributed by atoms with Crippen LogP contribution in [0.1, 0.15) is 51.9 Å². The molecule has 1 radical (unpaired) electrons. The molecule has 0 saturated carbocycles. The number of carbonyl (C=O) groups excluding carboxylic acids is 1. The van der Waals surface area contributed by atoms with Gasteiger partial charge in [0.2, 0.25) is 6.29 Å². The van der Waals surface area contributed by atoms with Crippen molar-refractivity contribution in [1.29, 1.82) is 0 Å². The molecule has 0 rings (SSSR count). The third kappa shape index (κ3) is 11.2. The van der Waals surface area contributed by atoms with Gasteiger partial charge in [0, 0.05) is 0 Å². The van der Waals surface area contributed by atoms with Gasteiger partial charge in [-0.1, -0.05) is 57.3 Å². The van der Waals surface area contributed by atoms with Crippen molar-refractivity contribution in [3.8, 4) is 0 Å². The third-order valence-corrected chi connectivity index (χ3v) is 2.14. The SMILES string of the molecule is CCCCCCCC/C=C/C=C/[C]=O. The van der Waals surface area contributed by atoms with Crippen molar-refractivity contribution in [2.24, 2.45) is 0 Å². The Bertz CT molecular complexity index is 168. The molecule has 0 heterocycles. The number of hydrogen-bond donors (Lipinski definition) is 0. The van der Waals surface area contributed by atoms with E-state index in [1.165, 1.54) is 44.6 Å². The van der Waals surface area contributed by atoms with Crippen molar-refractivity contribution in [2.45, 2.75) is 51.9 Å². The molecule has 1 nitrogen and oxygen atoms in total. The predicted octanol–water partition coefficient (Wildman–Crippen LogP) is 3.96. The first-order valence-corrected chi connectivity index (χ1v) is 5.61. The van der Waals surface area contributed by atoms with Crippen LogP contribution >= 0.6 is 0 Å². The van der Waals surface area contributed by atoms with Gasteiger partial charge in [0.25, 0.3) is 0 Å². The van der Waals surface area contributed by atoms with Gasteiger partial charge in [-0.3, -0.25) is 4.79 Å². The molecule has 0 bridgehead atoms. The Morgan fingerprint density at radius 3 is 2.43 bits per heavy atom. The summed E-state index contributed by atoms with van der Waals surface area (Å²) >= 11 is 0. The summed E-state index contributed by atoms with van der Waals surface area (Å²) < 4.78 is 0. The second kappa shape index (κ2) is 12.2. The molecular formula is C13H21O. The molecule has 0 fully saturated rings. The van der Waals surface area contributed by atoms with Gasteiger partial charge in [-0.15, -0.1) is 0 Å². The van der Waals surface area contributed by atoms with E-state index in [9.17, 15) is 4.79 Å². The summed E-state index contributed by atoms with van der Waals surface area (Å²) in [5, 5.41) is 0. The molecule has 0 unspecified atom stereocenters. The van der Waals surface area contributed by atoms with Gasteiger partial charge in [-0.2, -0.15) is 0 Å². The van der Waals surface area contributed by atoms with E-state index < -0.39 is 0 Å². The molecule has 0 aromatic heterocycles. The van der Waals surface area contributed by atoms with Crippen molar-refractivity contribution in [2.75, 3.05) is 0 Å². The zero-order valence-electron chi connectivity index (χ0n) is 9.17. The second-order valence-corrected chi connectivity index (χ2v) is 3.46. The lowest BCUT2D eigenvalue weighted by atomic mass is 10.1. The van der Waals surface area contributed by atoms with E-state index >= 15 is 0 Å². The molecule has 0 atom stereocenters. The Morgan fingerprint density at radius 2 is 1.71 bits per heavy atom. The lowest BCUT2D eigenvalue weighted by Gasteiger charge is -1.96. The summed E-state index contributed by atoms with van der Waals surface area (Å²) in [6.07, 6.45) is 18.0. The topological polar surface area (TPSA) is 17.1 Å². The number of allylic oxidation sites excluding steroid dienone is 4. The molecule has 79 valence electrons. The van der Waals surface area contributed by atoms with E-state index in [-0.39, 0.29) is 0 Å². The van der Waals surface area contributed by atoms with Crippen LogP contribution in [0.15, 0.2) is 24.3 Å². The molecule has 0 saturated heterocycles. The molecule has 0 spiro atoms. The van der Waals surface area contributed by atoms with Crippen LogP contribution in [-0.4, -0.2) is 6.29 Å². The number of unbranched alkanes of at least 4 members (excludes halogenated alkanes) is 6. The average molecular weight is 193 g/mol. The number of hydrogen-bond acceptors (Lipinski definition) is 1. The van der Waals surface area contributed by atoms with Crippen LogP contribution in [0.2, 0.25) is 0 Å². The lowest BCUT2D eigenvalue weighted by molar-refractivity contribution is 0.564. The molecule has 0 aromatic rings. The molecule has 0 amide bonds. The van der Waals surface area contributed by atoms with E-state index in [2.05, 4.69) is 13.0 Å². The molecule has 1 heteroatoms. The first-order valence-electron chi connectivity index (χ1n) is 5.61. The van der Waals surface area contributed by atoms with Crippen molar-refractivity contribution in [1.82, 2.24) is 0 Å². The average Bonchev–Trinajstić information content (AvgIpc) is 2.21. The van der Waals surface area contributed by atoms with Crippen LogP contribution in [0.25, 0.3) is 0 Å². The monoisotopic (exact) mass is 193 g/mol. The van der Waals surface area contributed by atoms with Gasteiger partial charge < -0.3 is 0 Å². The Morgan fingerprint density at radius 1 is 1.00 bits per heavy atom. The van der Waals surface area contributed by atoms with Gasteiger partial charge in [-0.25, -0.2) is 0 Å². The minimum atomic E-state index is 1.12. The maximum Gasteiger partial charge on any atom is 0.225 e. The van der Waals surface area contributed by atoms with Gasteiger partial charge in [-0.05, 0) is 18.9 Å². The zero-order chi connectivity index (χ0) is 10.5. The fraction of sp³-hybridized carbons (Fsp3) is 0.615. The van der Waals surface area contributed by atoms with Crippen molar-refractivity contribution in [3.05, 3.63) is 24.3 Å². The van der Waals surface area contributed by atoms with E-state index in [1.54, 1.807) is 12.4 Å². The van der Waals surface area contributed by atoms with Crippen LogP contribution in [0.5, 0.6) is 0 Å². The molecule has 0 aliphatic rings. The highest BCUT2D eigenvalue weighted by Gasteiger charge is 1.87. The smallest absolute Gasteiger partial charge is 0.225 e. The third-order valence-electron chi connectivity index (χ3n) is 2.14. The Hall–Kier alpha value is -0.850. The van der Waals surface area contributed by atoms with E-state index in [0.29, 0.717) is 0 Å². The van der Waals surface area contributed by atoms with E-state index in [0.717, 1.165) is 6.42 Å². The van der Waals surface area contributed by atoms with Crippen LogP contribution < -0.4 is 0 Å². The summed E-state index contributed by atoms with van der Waals surface area (Å²) in [7, 11) is 0. The molecular weight excluding hydrogens is 172 g/mol. The lowest BCUT2D eigenvalue weighted by Crippen LogP contribution is -1.77. The minimum Gasteiger partial charge on any atom is -0.286 e. The first-order chi connectivity index (χ1) is 6.91. The highest BCUT2D eigenvalue weighted by molar-refractivity contribution is 5.66. The van der Waals surface area contributed by atoms with Crippen LogP contribution in [-0.2, 0) is 4.79 Å². The molecule has 14 heavy (non-hydrogen) atoms. The molecule has 0 N–H and O–H groups in total. The number of rotatable bonds is 9. The van der Waals surface area contributed by atoms with Crippen molar-refractivity contribution in [3.63, 3.8) is 0 Å². The summed E-state index contributed by atoms with van der Waals surface area (Å²) in [4.78, 5) is 9.79. The standard InChI is InChI=1S/C13H21O/c1-2-3-4-5-6-7-8-9-10-11-12-13-14/h9-12H,2-8H2,1H3/b10-9+,12-11+. The largest absolute Gasteiger partial charge is 0.286 e. The van der Waals surface area contributed by atoms with E-state index in [4.69, 9.17) is 0 Å². The summed E-state index contributed by atoms with van der Waals surface area (Å²) in [6, 6.07) is 0. The Labute approximate surface area is 87.9 Å². The molecule has 0 aliphatic heterocycles. The second-order valence-electron chi connectivity index (χ2n) is 3.46. The molecule has 0 aliphatic carbocycles. The first kappa shape index (κ1) is 13.2. The Balaban J connectivity index is 3.08. The summed E-state index contributed by atoms with van der Waals surface area (Å²) in [5.41, 5.74) is 0. The van der Waals surface area contributed by atoms with Crippen LogP contribution in [0, 0.1) is 0 Å². The van der Waals surface area contributed by atoms with Gasteiger partial charge in [0.15, 0.2) is 0 Å². The van der Waals surface area contributed by atoms with Gasteiger partial charge in [0.1, 0.15) is 0 Å². The normalized spacial score (nSPS) is 11.5. The molecule has 0 aromatic carbocycles. The van der Waals surface area contributed by atoms with Crippen LogP contribution in [0.3, 0.4) is 0 Å². The maximum atomic E-state index is 9.79. The highest BCUT2D eigenvalue weighted by Crippen LogP contribution is 2.06. The van der Waals surface area contributed by atoms with Crippen molar-refractivity contribution >= 4 is 6.29 Å². The van der Waals surface area contributed by atoms with Gasteiger partial charge in [0.05, 0.1) is 0 Å². The summed E-state index contributed by atoms with van der Waals surface area (Å²) in [5.74, 6) is 0. The fourth-order valence-corrected chi connectivity index (χ4v) is 1.31. The quantitative estimate of drug-likeness (QED) is 0.308.